The lowest BCUT2D eigenvalue weighted by Crippen LogP contribution is -2.55. The summed E-state index contributed by atoms with van der Waals surface area (Å²) in [4.78, 5) is 30.0. The van der Waals surface area contributed by atoms with Crippen LogP contribution in [0.1, 0.15) is 48.8 Å². The van der Waals surface area contributed by atoms with E-state index in [9.17, 15) is 18.0 Å². The molecular formula is C38H42BrN3O5S. The van der Waals surface area contributed by atoms with E-state index in [0.717, 1.165) is 63.8 Å². The van der Waals surface area contributed by atoms with E-state index in [1.54, 1.807) is 24.3 Å². The topological polar surface area (TPSA) is 96.0 Å². The standard InChI is InChI=1S/C38H42BrN3O5S/c1-48(45,46)42(34-21-23-35(24-22-34)47-28-31-13-7-3-8-14-31)27-37(43)41(26-30-17-19-32(39)20-18-30)36(25-29-11-5-2-6-12-29)38(44)40-33-15-9-4-10-16-33/h2-3,5-8,11-14,17-24,33,36H,4,9-10,15-16,25-28H2,1H3,(H,40,44)/t36-/m0/s1. The van der Waals surface area contributed by atoms with Gasteiger partial charge in [0.15, 0.2) is 0 Å². The van der Waals surface area contributed by atoms with Crippen molar-refractivity contribution in [2.75, 3.05) is 17.1 Å². The maximum atomic E-state index is 14.4. The molecule has 0 aromatic heterocycles. The van der Waals surface area contributed by atoms with Crippen molar-refractivity contribution < 1.29 is 22.7 Å². The highest BCUT2D eigenvalue weighted by Crippen LogP contribution is 2.25. The number of anilines is 1. The quantitative estimate of drug-likeness (QED) is 0.153. The van der Waals surface area contributed by atoms with Gasteiger partial charge < -0.3 is 15.0 Å². The summed E-state index contributed by atoms with van der Waals surface area (Å²) in [5, 5.41) is 3.23. The van der Waals surface area contributed by atoms with Crippen molar-refractivity contribution in [1.29, 1.82) is 0 Å². The number of hydrogen-bond acceptors (Lipinski definition) is 5. The van der Waals surface area contributed by atoms with Crippen molar-refractivity contribution in [3.8, 4) is 5.75 Å². The molecule has 4 aromatic carbocycles. The fraction of sp³-hybridized carbons (Fsp3) is 0.316. The van der Waals surface area contributed by atoms with Crippen LogP contribution in [-0.2, 0) is 39.2 Å². The summed E-state index contributed by atoms with van der Waals surface area (Å²) in [5.41, 5.74) is 3.06. The second kappa shape index (κ2) is 16.8. The first-order chi connectivity index (χ1) is 23.2. The number of nitrogens with one attached hydrogen (secondary N) is 1. The van der Waals surface area contributed by atoms with Crippen LogP contribution in [0.2, 0.25) is 0 Å². The molecule has 8 nitrogen and oxygen atoms in total. The van der Waals surface area contributed by atoms with Crippen LogP contribution in [0.15, 0.2) is 114 Å². The number of halogens is 1. The maximum Gasteiger partial charge on any atom is 0.244 e. The van der Waals surface area contributed by atoms with Gasteiger partial charge in [-0.15, -0.1) is 0 Å². The van der Waals surface area contributed by atoms with Gasteiger partial charge in [0.05, 0.1) is 11.9 Å². The lowest BCUT2D eigenvalue weighted by molar-refractivity contribution is -0.140. The number of hydrogen-bond donors (Lipinski definition) is 1. The number of sulfonamides is 1. The highest BCUT2D eigenvalue weighted by Gasteiger charge is 2.34. The Morgan fingerprint density at radius 3 is 2.02 bits per heavy atom. The molecule has 1 aliphatic carbocycles. The number of benzene rings is 4. The van der Waals surface area contributed by atoms with E-state index in [1.807, 2.05) is 84.9 Å². The van der Waals surface area contributed by atoms with Crippen molar-refractivity contribution in [2.24, 2.45) is 0 Å². The van der Waals surface area contributed by atoms with E-state index in [4.69, 9.17) is 4.74 Å². The lowest BCUT2D eigenvalue weighted by atomic mass is 9.94. The molecule has 0 heterocycles. The first-order valence-electron chi connectivity index (χ1n) is 16.3. The van der Waals surface area contributed by atoms with Crippen LogP contribution in [0.5, 0.6) is 5.75 Å². The van der Waals surface area contributed by atoms with Gasteiger partial charge in [-0.05, 0) is 65.9 Å². The first-order valence-corrected chi connectivity index (χ1v) is 18.9. The fourth-order valence-corrected chi connectivity index (χ4v) is 7.06. The number of carbonyl (C=O) groups is 2. The van der Waals surface area contributed by atoms with E-state index in [1.165, 1.54) is 4.90 Å². The summed E-state index contributed by atoms with van der Waals surface area (Å²) in [6, 6.07) is 32.7. The summed E-state index contributed by atoms with van der Waals surface area (Å²) < 4.78 is 34.2. The van der Waals surface area contributed by atoms with E-state index in [0.29, 0.717) is 18.0 Å². The molecule has 0 unspecified atom stereocenters. The molecule has 5 rings (SSSR count). The van der Waals surface area contributed by atoms with Gasteiger partial charge in [0.2, 0.25) is 21.8 Å². The second-order valence-electron chi connectivity index (χ2n) is 12.2. The third-order valence-corrected chi connectivity index (χ3v) is 10.2. The average molecular weight is 733 g/mol. The van der Waals surface area contributed by atoms with Crippen molar-refractivity contribution in [1.82, 2.24) is 10.2 Å². The Morgan fingerprint density at radius 1 is 0.812 bits per heavy atom. The van der Waals surface area contributed by atoms with Gasteiger partial charge in [0.1, 0.15) is 24.9 Å². The van der Waals surface area contributed by atoms with Crippen molar-refractivity contribution in [2.45, 2.75) is 63.8 Å². The van der Waals surface area contributed by atoms with Gasteiger partial charge in [-0.1, -0.05) is 108 Å². The highest BCUT2D eigenvalue weighted by atomic mass is 79.9. The molecule has 0 aliphatic heterocycles. The van der Waals surface area contributed by atoms with Gasteiger partial charge >= 0.3 is 0 Å². The number of nitrogens with zero attached hydrogens (tertiary/aromatic N) is 2. The molecule has 48 heavy (non-hydrogen) atoms. The molecule has 2 amide bonds. The Morgan fingerprint density at radius 2 is 1.42 bits per heavy atom. The van der Waals surface area contributed by atoms with Gasteiger partial charge in [0.25, 0.3) is 0 Å². The Balaban J connectivity index is 1.43. The van der Waals surface area contributed by atoms with Crippen molar-refractivity contribution in [3.63, 3.8) is 0 Å². The summed E-state index contributed by atoms with van der Waals surface area (Å²) in [6.45, 7) is 0.0261. The van der Waals surface area contributed by atoms with E-state index < -0.39 is 28.5 Å². The third-order valence-electron chi connectivity index (χ3n) is 8.54. The molecular weight excluding hydrogens is 690 g/mol. The predicted octanol–water partition coefficient (Wildman–Crippen LogP) is 6.88. The molecule has 4 aromatic rings. The van der Waals surface area contributed by atoms with E-state index >= 15 is 0 Å². The molecule has 0 spiro atoms. The molecule has 252 valence electrons. The molecule has 10 heteroatoms. The number of amides is 2. The minimum Gasteiger partial charge on any atom is -0.489 e. The van der Waals surface area contributed by atoms with Crippen molar-refractivity contribution >= 4 is 43.5 Å². The molecule has 1 aliphatic rings. The predicted molar refractivity (Wildman–Crippen MR) is 193 cm³/mol. The van der Waals surface area contributed by atoms with Crippen molar-refractivity contribution in [3.05, 3.63) is 130 Å². The van der Waals surface area contributed by atoms with Gasteiger partial charge in [-0.25, -0.2) is 8.42 Å². The van der Waals surface area contributed by atoms with Crippen LogP contribution >= 0.6 is 15.9 Å². The number of carbonyl (C=O) groups excluding carboxylic acids is 2. The van der Waals surface area contributed by atoms with E-state index in [2.05, 4.69) is 21.2 Å². The SMILES string of the molecule is CS(=O)(=O)N(CC(=O)N(Cc1ccc(Br)cc1)[C@@H](Cc1ccccc1)C(=O)NC1CCCCC1)c1ccc(OCc2ccccc2)cc1. The minimum atomic E-state index is -3.88. The molecule has 1 N–H and O–H groups in total. The number of ether oxygens (including phenoxy) is 1. The van der Waals surface area contributed by atoms with Crippen LogP contribution in [0, 0.1) is 0 Å². The summed E-state index contributed by atoms with van der Waals surface area (Å²) >= 11 is 3.47. The molecule has 0 saturated heterocycles. The largest absolute Gasteiger partial charge is 0.489 e. The smallest absolute Gasteiger partial charge is 0.244 e. The average Bonchev–Trinajstić information content (AvgIpc) is 3.09. The maximum absolute atomic E-state index is 14.4. The zero-order chi connectivity index (χ0) is 33.9. The normalized spacial score (nSPS) is 14.1. The number of rotatable bonds is 14. The fourth-order valence-electron chi connectivity index (χ4n) is 5.95. The molecule has 1 saturated carbocycles. The third kappa shape index (κ3) is 10.2. The van der Waals surface area contributed by atoms with Crippen LogP contribution in [0.4, 0.5) is 5.69 Å². The zero-order valence-corrected chi connectivity index (χ0v) is 29.5. The van der Waals surface area contributed by atoms with Crippen LogP contribution in [-0.4, -0.2) is 50.0 Å². The molecule has 1 fully saturated rings. The van der Waals surface area contributed by atoms with Crippen LogP contribution < -0.4 is 14.4 Å². The minimum absolute atomic E-state index is 0.0456. The summed E-state index contributed by atoms with van der Waals surface area (Å²) in [6.07, 6.45) is 6.42. The molecule has 0 radical (unpaired) electrons. The Bertz CT molecular complexity index is 1730. The lowest BCUT2D eigenvalue weighted by Gasteiger charge is -2.35. The Labute approximate surface area is 292 Å². The van der Waals surface area contributed by atoms with Gasteiger partial charge in [-0.2, -0.15) is 0 Å². The second-order valence-corrected chi connectivity index (χ2v) is 15.1. The zero-order valence-electron chi connectivity index (χ0n) is 27.1. The van der Waals surface area contributed by atoms with Crippen LogP contribution in [0.25, 0.3) is 0 Å². The molecule has 1 atom stereocenters. The first kappa shape index (κ1) is 35.2. The molecule has 0 bridgehead atoms. The Kier molecular flexibility index (Phi) is 12.3. The highest BCUT2D eigenvalue weighted by molar-refractivity contribution is 9.10. The van der Waals surface area contributed by atoms with Gasteiger partial charge in [-0.3, -0.25) is 13.9 Å². The Hall–Kier alpha value is -4.15. The monoisotopic (exact) mass is 731 g/mol. The summed E-state index contributed by atoms with van der Waals surface area (Å²) in [5.74, 6) is -0.143. The van der Waals surface area contributed by atoms with Crippen LogP contribution in [0.3, 0.4) is 0 Å². The van der Waals surface area contributed by atoms with E-state index in [-0.39, 0.29) is 24.9 Å². The van der Waals surface area contributed by atoms with Gasteiger partial charge in [0, 0.05) is 23.5 Å². The summed E-state index contributed by atoms with van der Waals surface area (Å²) in [7, 11) is -3.88.